The van der Waals surface area contributed by atoms with E-state index in [9.17, 15) is 13.2 Å². The maximum atomic E-state index is 12.6. The number of amides is 1. The Morgan fingerprint density at radius 3 is 2.57 bits per heavy atom. The summed E-state index contributed by atoms with van der Waals surface area (Å²) in [5.74, 6) is -0.0752. The van der Waals surface area contributed by atoms with Crippen molar-refractivity contribution in [2.24, 2.45) is 5.73 Å². The van der Waals surface area contributed by atoms with Crippen LogP contribution in [-0.4, -0.2) is 59.5 Å². The number of pyridine rings is 1. The van der Waals surface area contributed by atoms with Crippen molar-refractivity contribution >= 4 is 47.0 Å². The third kappa shape index (κ3) is 8.61. The van der Waals surface area contributed by atoms with E-state index in [4.69, 9.17) is 15.2 Å². The second-order valence-corrected chi connectivity index (χ2v) is 18.9. The number of nitrogens with one attached hydrogen (secondary N) is 1. The highest BCUT2D eigenvalue weighted by atomic mass is 32.2. The Hall–Kier alpha value is -4.34. The summed E-state index contributed by atoms with van der Waals surface area (Å²) in [5, 5.41) is 4.65. The van der Waals surface area contributed by atoms with Crippen LogP contribution in [0.4, 0.5) is 23.0 Å². The van der Waals surface area contributed by atoms with Gasteiger partial charge in [0.05, 0.1) is 29.0 Å². The smallest absolute Gasteiger partial charge is 0.254 e. The Bertz CT molecular complexity index is 1660. The molecule has 15 heteroatoms. The number of carbonyl (C=O) groups is 1. The Morgan fingerprint density at radius 2 is 1.93 bits per heavy atom. The van der Waals surface area contributed by atoms with Crippen molar-refractivity contribution in [2.75, 3.05) is 22.0 Å². The summed E-state index contributed by atoms with van der Waals surface area (Å²) in [4.78, 5) is 27.3. The van der Waals surface area contributed by atoms with E-state index in [2.05, 4.69) is 44.4 Å². The molecule has 13 nitrogen and oxygen atoms in total. The Morgan fingerprint density at radius 1 is 1.14 bits per heavy atom. The molecule has 0 saturated carbocycles. The maximum absolute atomic E-state index is 12.6. The molecular formula is C29H38N8O5SSi. The van der Waals surface area contributed by atoms with Gasteiger partial charge in [-0.3, -0.25) is 24.4 Å². The topological polar surface area (TPSA) is 167 Å². The Balaban J connectivity index is 1.79. The van der Waals surface area contributed by atoms with Crippen LogP contribution in [0.15, 0.2) is 67.4 Å². The van der Waals surface area contributed by atoms with Crippen LogP contribution in [0.2, 0.25) is 25.7 Å². The third-order valence-electron chi connectivity index (χ3n) is 6.49. The first kappa shape index (κ1) is 32.6. The normalized spacial score (nSPS) is 12.5. The van der Waals surface area contributed by atoms with Crippen molar-refractivity contribution in [2.45, 2.75) is 52.4 Å². The lowest BCUT2D eigenvalue weighted by molar-refractivity contribution is 0.0786. The average molecular weight is 639 g/mol. The van der Waals surface area contributed by atoms with Crippen molar-refractivity contribution in [3.63, 3.8) is 0 Å². The predicted molar refractivity (Wildman–Crippen MR) is 171 cm³/mol. The van der Waals surface area contributed by atoms with Crippen molar-refractivity contribution in [1.82, 2.24) is 24.7 Å². The summed E-state index contributed by atoms with van der Waals surface area (Å²) in [6.45, 7) is 10.8. The highest BCUT2D eigenvalue weighted by Gasteiger charge is 2.26. The monoisotopic (exact) mass is 638 g/mol. The number of carbonyl (C=O) groups excluding carboxylic acids is 1. The van der Waals surface area contributed by atoms with Gasteiger partial charge in [-0.05, 0) is 44.2 Å². The van der Waals surface area contributed by atoms with Gasteiger partial charge in [0.1, 0.15) is 24.1 Å². The van der Waals surface area contributed by atoms with E-state index >= 15 is 0 Å². The fraction of sp³-hybridized carbons (Fsp3) is 0.345. The summed E-state index contributed by atoms with van der Waals surface area (Å²) >= 11 is 0. The minimum Gasteiger partial charge on any atom is -0.482 e. The Kier molecular flexibility index (Phi) is 10.3. The predicted octanol–water partition coefficient (Wildman–Crippen LogP) is 4.85. The molecule has 3 aromatic heterocycles. The Labute approximate surface area is 258 Å². The van der Waals surface area contributed by atoms with Gasteiger partial charge < -0.3 is 15.2 Å². The van der Waals surface area contributed by atoms with E-state index in [0.717, 1.165) is 6.04 Å². The van der Waals surface area contributed by atoms with Gasteiger partial charge in [-0.2, -0.15) is 5.10 Å². The van der Waals surface area contributed by atoms with E-state index < -0.39 is 30.1 Å². The number of nitrogens with two attached hydrogens (primary N) is 1. The number of anilines is 4. The number of rotatable bonds is 15. The van der Waals surface area contributed by atoms with Crippen LogP contribution in [0.25, 0.3) is 0 Å². The first-order valence-electron chi connectivity index (χ1n) is 14.1. The second-order valence-electron chi connectivity index (χ2n) is 11.2. The molecule has 4 aromatic rings. The molecule has 0 radical (unpaired) electrons. The van der Waals surface area contributed by atoms with E-state index in [0.29, 0.717) is 23.8 Å². The van der Waals surface area contributed by atoms with Crippen molar-refractivity contribution < 1.29 is 22.7 Å². The first-order valence-corrected chi connectivity index (χ1v) is 19.5. The molecule has 0 spiro atoms. The number of primary amides is 1. The maximum Gasteiger partial charge on any atom is 0.254 e. The molecule has 44 heavy (non-hydrogen) atoms. The van der Waals surface area contributed by atoms with E-state index in [1.54, 1.807) is 42.3 Å². The molecule has 1 aromatic carbocycles. The highest BCUT2D eigenvalue weighted by Crippen LogP contribution is 2.39. The summed E-state index contributed by atoms with van der Waals surface area (Å²) in [5.41, 5.74) is 7.27. The molecule has 234 valence electrons. The van der Waals surface area contributed by atoms with Crippen LogP contribution in [0, 0.1) is 0 Å². The molecule has 0 aliphatic heterocycles. The largest absolute Gasteiger partial charge is 0.482 e. The summed E-state index contributed by atoms with van der Waals surface area (Å²) in [6, 6.07) is 11.3. The van der Waals surface area contributed by atoms with Gasteiger partial charge in [0.15, 0.2) is 11.6 Å². The van der Waals surface area contributed by atoms with E-state index in [1.807, 2.05) is 19.1 Å². The number of hydrogen-bond donors (Lipinski definition) is 2. The molecule has 0 aliphatic rings. The number of aromatic nitrogens is 5. The highest BCUT2D eigenvalue weighted by molar-refractivity contribution is 7.92. The van der Waals surface area contributed by atoms with Gasteiger partial charge in [-0.1, -0.05) is 25.7 Å². The van der Waals surface area contributed by atoms with Crippen LogP contribution in [0.1, 0.15) is 36.0 Å². The van der Waals surface area contributed by atoms with Crippen LogP contribution < -0.4 is 20.1 Å². The van der Waals surface area contributed by atoms with Gasteiger partial charge in [0.2, 0.25) is 10.0 Å². The molecule has 0 unspecified atom stereocenters. The summed E-state index contributed by atoms with van der Waals surface area (Å²) in [7, 11) is -4.94. The lowest BCUT2D eigenvalue weighted by atomic mass is 10.2. The van der Waals surface area contributed by atoms with Gasteiger partial charge in [-0.25, -0.2) is 18.1 Å². The van der Waals surface area contributed by atoms with Gasteiger partial charge >= 0.3 is 0 Å². The van der Waals surface area contributed by atoms with Crippen LogP contribution >= 0.6 is 0 Å². The van der Waals surface area contributed by atoms with E-state index in [-0.39, 0.29) is 35.3 Å². The molecule has 0 bridgehead atoms. The number of ether oxygens (including phenoxy) is 2. The van der Waals surface area contributed by atoms with E-state index in [1.165, 1.54) is 29.5 Å². The number of nitrogens with zero attached hydrogens (tertiary/aromatic N) is 6. The summed E-state index contributed by atoms with van der Waals surface area (Å²) < 4.78 is 41.3. The van der Waals surface area contributed by atoms with Crippen LogP contribution in [0.3, 0.4) is 0 Å². The zero-order valence-electron chi connectivity index (χ0n) is 25.5. The lowest BCUT2D eigenvalue weighted by Gasteiger charge is -2.24. The molecule has 0 saturated heterocycles. The lowest BCUT2D eigenvalue weighted by Crippen LogP contribution is -2.22. The molecule has 1 amide bonds. The number of sulfonamides is 1. The minimum atomic E-state index is -3.64. The molecular weight excluding hydrogens is 601 g/mol. The minimum absolute atomic E-state index is 0.118. The molecule has 3 N–H and O–H groups in total. The molecule has 1 atom stereocenters. The van der Waals surface area contributed by atoms with Crippen LogP contribution in [0.5, 0.6) is 5.75 Å². The zero-order valence-corrected chi connectivity index (χ0v) is 27.3. The molecule has 0 fully saturated rings. The number of benzene rings is 1. The van der Waals surface area contributed by atoms with Gasteiger partial charge in [-0.15, -0.1) is 0 Å². The average Bonchev–Trinajstić information content (AvgIpc) is 3.41. The van der Waals surface area contributed by atoms with Crippen molar-refractivity contribution in [1.29, 1.82) is 0 Å². The molecule has 3 heterocycles. The van der Waals surface area contributed by atoms with Crippen molar-refractivity contribution in [3.8, 4) is 5.75 Å². The molecule has 4 rings (SSSR count). The van der Waals surface area contributed by atoms with Crippen molar-refractivity contribution in [3.05, 3.63) is 78.6 Å². The van der Waals surface area contributed by atoms with Gasteiger partial charge in [0.25, 0.3) is 5.91 Å². The quantitative estimate of drug-likeness (QED) is 0.136. The standard InChI is InChI=1S/C29H38N8O5SSi/c1-6-43(39,40)35-25-11-10-22(17-26(25)42-21(2)24-9-7-8-12-32-24)37(27-18-31-13-14-33-27)29-23(28(30)38)19-36(34-29)20-41-15-16-44(3,4)5/h7-14,17-19,21,35H,6,15-16,20H2,1-5H3,(H2,30,38)/t21-/m0/s1. The zero-order chi connectivity index (χ0) is 31.9. The number of hydrogen-bond acceptors (Lipinski definition) is 10. The summed E-state index contributed by atoms with van der Waals surface area (Å²) in [6.07, 6.45) is 7.19. The fourth-order valence-electron chi connectivity index (χ4n) is 4.06. The first-order chi connectivity index (χ1) is 20.9. The fourth-order valence-corrected chi connectivity index (χ4v) is 5.47. The van der Waals surface area contributed by atoms with Gasteiger partial charge in [0, 0.05) is 45.5 Å². The SMILES string of the molecule is CCS(=O)(=O)Nc1ccc(N(c2cnccn2)c2nn(COCC[Si](C)(C)C)cc2C(N)=O)cc1O[C@@H](C)c1ccccn1. The molecule has 0 aliphatic carbocycles. The second kappa shape index (κ2) is 14.0. The van der Waals surface area contributed by atoms with Crippen LogP contribution in [-0.2, 0) is 21.5 Å². The third-order valence-corrected chi connectivity index (χ3v) is 9.49.